The quantitative estimate of drug-likeness (QED) is 0.827. The van der Waals surface area contributed by atoms with Crippen LogP contribution in [0.2, 0.25) is 5.15 Å². The first kappa shape index (κ1) is 12.8. The molecule has 1 aromatic rings. The number of halogens is 1. The molecule has 0 saturated heterocycles. The smallest absolute Gasteiger partial charge is 0.129 e. The molecule has 2 nitrogen and oxygen atoms in total. The zero-order valence-electron chi connectivity index (χ0n) is 10.3. The van der Waals surface area contributed by atoms with Gasteiger partial charge in [-0.05, 0) is 36.3 Å². The number of aliphatic hydroxyl groups excluding tert-OH is 1. The minimum atomic E-state index is -0.377. The van der Waals surface area contributed by atoms with Crippen LogP contribution in [0.15, 0.2) is 18.3 Å². The highest BCUT2D eigenvalue weighted by Crippen LogP contribution is 2.37. The molecular weight excluding hydrogens is 234 g/mol. The van der Waals surface area contributed by atoms with E-state index in [2.05, 4.69) is 11.9 Å². The number of aromatic nitrogens is 1. The fourth-order valence-corrected chi connectivity index (χ4v) is 2.86. The Bertz CT molecular complexity index is 344. The van der Waals surface area contributed by atoms with Gasteiger partial charge in [-0.15, -0.1) is 0 Å². The van der Waals surface area contributed by atoms with E-state index in [9.17, 15) is 5.11 Å². The summed E-state index contributed by atoms with van der Waals surface area (Å²) in [6.45, 7) is 2.25. The molecule has 1 N–H and O–H groups in total. The number of hydrogen-bond acceptors (Lipinski definition) is 2. The number of hydrogen-bond donors (Lipinski definition) is 1. The van der Waals surface area contributed by atoms with Gasteiger partial charge in [-0.25, -0.2) is 4.98 Å². The van der Waals surface area contributed by atoms with E-state index >= 15 is 0 Å². The summed E-state index contributed by atoms with van der Waals surface area (Å²) in [6, 6.07) is 3.63. The maximum atomic E-state index is 10.3. The molecule has 1 atom stereocenters. The summed E-state index contributed by atoms with van der Waals surface area (Å²) in [4.78, 5) is 4.03. The van der Waals surface area contributed by atoms with E-state index < -0.39 is 0 Å². The molecule has 1 saturated carbocycles. The van der Waals surface area contributed by atoms with Crippen molar-refractivity contribution in [3.63, 3.8) is 0 Å². The Kier molecular flexibility index (Phi) is 4.41. The molecule has 0 radical (unpaired) electrons. The molecular formula is C14H20ClNO. The Morgan fingerprint density at radius 2 is 2.06 bits per heavy atom. The molecule has 0 bridgehead atoms. The molecule has 1 heterocycles. The number of pyridine rings is 1. The Hall–Kier alpha value is -0.600. The topological polar surface area (TPSA) is 33.1 Å². The summed E-state index contributed by atoms with van der Waals surface area (Å²) in [5.41, 5.74) is 0.898. The van der Waals surface area contributed by atoms with Crippen molar-refractivity contribution >= 4 is 11.6 Å². The molecule has 1 aliphatic carbocycles. The van der Waals surface area contributed by atoms with Crippen LogP contribution in [0.25, 0.3) is 0 Å². The second-order valence-electron chi connectivity index (χ2n) is 5.05. The van der Waals surface area contributed by atoms with Crippen molar-refractivity contribution in [2.24, 2.45) is 11.8 Å². The van der Waals surface area contributed by atoms with E-state index in [-0.39, 0.29) is 6.10 Å². The van der Waals surface area contributed by atoms with Crippen molar-refractivity contribution in [2.45, 2.75) is 45.1 Å². The Morgan fingerprint density at radius 1 is 1.35 bits per heavy atom. The standard InChI is InChI=1S/C14H20ClNO/c1-2-10-3-5-11(6-4-10)14(17)12-7-8-13(15)16-9-12/h7-11,14,17H,2-6H2,1H3. The van der Waals surface area contributed by atoms with E-state index in [1.54, 1.807) is 12.3 Å². The van der Waals surface area contributed by atoms with Gasteiger partial charge in [0, 0.05) is 6.20 Å². The van der Waals surface area contributed by atoms with Gasteiger partial charge >= 0.3 is 0 Å². The summed E-state index contributed by atoms with van der Waals surface area (Å²) < 4.78 is 0. The lowest BCUT2D eigenvalue weighted by Gasteiger charge is -2.31. The lowest BCUT2D eigenvalue weighted by molar-refractivity contribution is 0.0727. The van der Waals surface area contributed by atoms with E-state index in [4.69, 9.17) is 11.6 Å². The number of nitrogens with zero attached hydrogens (tertiary/aromatic N) is 1. The summed E-state index contributed by atoms with van der Waals surface area (Å²) >= 11 is 5.75. The highest BCUT2D eigenvalue weighted by atomic mass is 35.5. The predicted octanol–water partition coefficient (Wildman–Crippen LogP) is 3.98. The number of aliphatic hydroxyl groups is 1. The summed E-state index contributed by atoms with van der Waals surface area (Å²) in [7, 11) is 0. The maximum absolute atomic E-state index is 10.3. The Morgan fingerprint density at radius 3 is 2.59 bits per heavy atom. The van der Waals surface area contributed by atoms with Crippen molar-refractivity contribution in [1.82, 2.24) is 4.98 Å². The van der Waals surface area contributed by atoms with Crippen LogP contribution < -0.4 is 0 Å². The molecule has 94 valence electrons. The monoisotopic (exact) mass is 253 g/mol. The Balaban J connectivity index is 1.96. The van der Waals surface area contributed by atoms with Crippen LogP contribution in [0.5, 0.6) is 0 Å². The second-order valence-corrected chi connectivity index (χ2v) is 5.44. The van der Waals surface area contributed by atoms with Gasteiger partial charge in [-0.1, -0.05) is 43.9 Å². The first-order valence-corrected chi connectivity index (χ1v) is 6.88. The SMILES string of the molecule is CCC1CCC(C(O)c2ccc(Cl)nc2)CC1. The van der Waals surface area contributed by atoms with Crippen molar-refractivity contribution in [3.8, 4) is 0 Å². The van der Waals surface area contributed by atoms with Crippen molar-refractivity contribution in [2.75, 3.05) is 0 Å². The van der Waals surface area contributed by atoms with E-state index in [0.717, 1.165) is 24.3 Å². The van der Waals surface area contributed by atoms with Crippen LogP contribution in [0, 0.1) is 11.8 Å². The molecule has 17 heavy (non-hydrogen) atoms. The van der Waals surface area contributed by atoms with Gasteiger partial charge in [0.15, 0.2) is 0 Å². The van der Waals surface area contributed by atoms with Crippen LogP contribution in [-0.2, 0) is 0 Å². The van der Waals surface area contributed by atoms with Crippen molar-refractivity contribution in [3.05, 3.63) is 29.0 Å². The zero-order valence-corrected chi connectivity index (χ0v) is 11.0. The summed E-state index contributed by atoms with van der Waals surface area (Å²) in [6.07, 6.45) is 7.34. The summed E-state index contributed by atoms with van der Waals surface area (Å²) in [5.74, 6) is 1.25. The fourth-order valence-electron chi connectivity index (χ4n) is 2.75. The van der Waals surface area contributed by atoms with E-state index in [1.165, 1.54) is 19.3 Å². The average Bonchev–Trinajstić information content (AvgIpc) is 2.39. The van der Waals surface area contributed by atoms with Gasteiger partial charge in [0.2, 0.25) is 0 Å². The van der Waals surface area contributed by atoms with Gasteiger partial charge in [-0.2, -0.15) is 0 Å². The third-order valence-electron chi connectivity index (χ3n) is 4.01. The molecule has 1 aliphatic rings. The molecule has 1 fully saturated rings. The highest BCUT2D eigenvalue weighted by Gasteiger charge is 2.26. The van der Waals surface area contributed by atoms with Gasteiger partial charge in [0.05, 0.1) is 6.10 Å². The normalized spacial score (nSPS) is 26.8. The molecule has 1 unspecified atom stereocenters. The lowest BCUT2D eigenvalue weighted by Crippen LogP contribution is -2.20. The van der Waals surface area contributed by atoms with Gasteiger partial charge < -0.3 is 5.11 Å². The van der Waals surface area contributed by atoms with Crippen LogP contribution >= 0.6 is 11.6 Å². The molecule has 0 aliphatic heterocycles. The highest BCUT2D eigenvalue weighted by molar-refractivity contribution is 6.29. The lowest BCUT2D eigenvalue weighted by atomic mass is 9.77. The van der Waals surface area contributed by atoms with Crippen molar-refractivity contribution < 1.29 is 5.11 Å². The molecule has 3 heteroatoms. The van der Waals surface area contributed by atoms with E-state index in [0.29, 0.717) is 11.1 Å². The summed E-state index contributed by atoms with van der Waals surface area (Å²) in [5, 5.41) is 10.8. The minimum Gasteiger partial charge on any atom is -0.388 e. The third kappa shape index (κ3) is 3.20. The van der Waals surface area contributed by atoms with Crippen LogP contribution in [-0.4, -0.2) is 10.1 Å². The average molecular weight is 254 g/mol. The first-order valence-electron chi connectivity index (χ1n) is 6.50. The molecule has 2 rings (SSSR count). The second kappa shape index (κ2) is 5.83. The van der Waals surface area contributed by atoms with Gasteiger partial charge in [0.1, 0.15) is 5.15 Å². The minimum absolute atomic E-state index is 0.377. The maximum Gasteiger partial charge on any atom is 0.129 e. The van der Waals surface area contributed by atoms with Gasteiger partial charge in [-0.3, -0.25) is 0 Å². The van der Waals surface area contributed by atoms with Crippen LogP contribution in [0.1, 0.15) is 50.7 Å². The molecule has 0 aromatic carbocycles. The molecule has 0 spiro atoms. The molecule has 1 aromatic heterocycles. The predicted molar refractivity (Wildman–Crippen MR) is 69.9 cm³/mol. The largest absolute Gasteiger partial charge is 0.388 e. The number of rotatable bonds is 3. The molecule has 0 amide bonds. The van der Waals surface area contributed by atoms with Crippen molar-refractivity contribution in [1.29, 1.82) is 0 Å². The van der Waals surface area contributed by atoms with E-state index in [1.807, 2.05) is 6.07 Å². The van der Waals surface area contributed by atoms with Gasteiger partial charge in [0.25, 0.3) is 0 Å². The zero-order chi connectivity index (χ0) is 12.3. The van der Waals surface area contributed by atoms with Crippen LogP contribution in [0.3, 0.4) is 0 Å². The Labute approximate surface area is 108 Å². The van der Waals surface area contributed by atoms with Crippen LogP contribution in [0.4, 0.5) is 0 Å². The third-order valence-corrected chi connectivity index (χ3v) is 4.23. The fraction of sp³-hybridized carbons (Fsp3) is 0.643. The first-order chi connectivity index (χ1) is 8.20.